The zero-order valence-corrected chi connectivity index (χ0v) is 13.4. The van der Waals surface area contributed by atoms with Crippen molar-refractivity contribution in [3.63, 3.8) is 0 Å². The van der Waals surface area contributed by atoms with Crippen molar-refractivity contribution in [2.45, 2.75) is 26.2 Å². The Labute approximate surface area is 133 Å². The summed E-state index contributed by atoms with van der Waals surface area (Å²) in [6.45, 7) is 2.61. The van der Waals surface area contributed by atoms with Crippen LogP contribution >= 0.6 is 11.3 Å². The minimum Gasteiger partial charge on any atom is -0.330 e. The van der Waals surface area contributed by atoms with Crippen molar-refractivity contribution < 1.29 is 0 Å². The predicted molar refractivity (Wildman–Crippen MR) is 88.8 cm³/mol. The molecule has 0 bridgehead atoms. The number of aromatic nitrogens is 4. The van der Waals surface area contributed by atoms with Crippen molar-refractivity contribution in [2.75, 3.05) is 6.54 Å². The molecule has 0 fully saturated rings. The van der Waals surface area contributed by atoms with Crippen LogP contribution in [0.1, 0.15) is 22.1 Å². The van der Waals surface area contributed by atoms with Gasteiger partial charge in [-0.25, -0.2) is 9.97 Å². The molecule has 0 aliphatic rings. The molecule has 3 aromatic rings. The Morgan fingerprint density at radius 2 is 1.91 bits per heavy atom. The number of nitrogens with zero attached hydrogens (tertiary/aromatic N) is 3. The van der Waals surface area contributed by atoms with Gasteiger partial charge >= 0.3 is 0 Å². The highest BCUT2D eigenvalue weighted by Crippen LogP contribution is 2.27. The van der Waals surface area contributed by atoms with Crippen LogP contribution in [0.3, 0.4) is 0 Å². The second-order valence-electron chi connectivity index (χ2n) is 5.15. The first-order chi connectivity index (χ1) is 10.8. The van der Waals surface area contributed by atoms with Gasteiger partial charge in [0.1, 0.15) is 5.82 Å². The Morgan fingerprint density at radius 1 is 1.09 bits per heavy atom. The lowest BCUT2D eigenvalue weighted by atomic mass is 10.1. The van der Waals surface area contributed by atoms with Crippen molar-refractivity contribution in [2.24, 2.45) is 5.73 Å². The molecule has 5 nitrogen and oxygen atoms in total. The number of benzene rings is 1. The van der Waals surface area contributed by atoms with E-state index < -0.39 is 0 Å². The molecule has 2 aromatic heterocycles. The van der Waals surface area contributed by atoms with E-state index >= 15 is 0 Å². The molecule has 6 heteroatoms. The molecule has 0 unspecified atom stereocenters. The third kappa shape index (κ3) is 3.40. The summed E-state index contributed by atoms with van der Waals surface area (Å²) >= 11 is 1.63. The van der Waals surface area contributed by atoms with E-state index in [2.05, 4.69) is 44.4 Å². The summed E-state index contributed by atoms with van der Waals surface area (Å²) in [5.41, 5.74) is 7.87. The molecule has 0 spiro atoms. The second-order valence-corrected chi connectivity index (χ2v) is 6.24. The van der Waals surface area contributed by atoms with Crippen LogP contribution in [-0.4, -0.2) is 26.7 Å². The van der Waals surface area contributed by atoms with Crippen LogP contribution in [-0.2, 0) is 19.3 Å². The zero-order chi connectivity index (χ0) is 15.4. The van der Waals surface area contributed by atoms with Gasteiger partial charge in [-0.2, -0.15) is 5.10 Å². The fraction of sp³-hybridized carbons (Fsp3) is 0.312. The minimum absolute atomic E-state index is 0.614. The maximum Gasteiger partial charge on any atom is 0.193 e. The number of nitrogens with two attached hydrogens (primary N) is 1. The van der Waals surface area contributed by atoms with Crippen molar-refractivity contribution in [1.29, 1.82) is 0 Å². The van der Waals surface area contributed by atoms with Gasteiger partial charge in [0.2, 0.25) is 0 Å². The first-order valence-electron chi connectivity index (χ1n) is 7.38. The quantitative estimate of drug-likeness (QED) is 0.733. The van der Waals surface area contributed by atoms with Gasteiger partial charge in [0, 0.05) is 12.8 Å². The fourth-order valence-electron chi connectivity index (χ4n) is 2.31. The minimum atomic E-state index is 0.614. The Hall–Kier alpha value is -2.05. The normalized spacial score (nSPS) is 11.0. The van der Waals surface area contributed by atoms with E-state index in [1.807, 2.05) is 13.0 Å². The molecule has 3 rings (SSSR count). The van der Waals surface area contributed by atoms with Crippen LogP contribution in [0.5, 0.6) is 0 Å². The number of thiazole rings is 1. The van der Waals surface area contributed by atoms with Gasteiger partial charge < -0.3 is 5.73 Å². The summed E-state index contributed by atoms with van der Waals surface area (Å²) in [6, 6.07) is 10.4. The molecule has 2 heterocycles. The summed E-state index contributed by atoms with van der Waals surface area (Å²) < 4.78 is 0. The zero-order valence-electron chi connectivity index (χ0n) is 12.5. The highest BCUT2D eigenvalue weighted by atomic mass is 32.1. The van der Waals surface area contributed by atoms with E-state index in [1.165, 1.54) is 5.56 Å². The molecule has 22 heavy (non-hydrogen) atoms. The lowest BCUT2D eigenvalue weighted by molar-refractivity contribution is 0.865. The van der Waals surface area contributed by atoms with Crippen LogP contribution < -0.4 is 5.73 Å². The predicted octanol–water partition coefficient (Wildman–Crippen LogP) is 2.52. The standard InChI is InChI=1S/C16H19N5S/c1-11-15(22-14(18-11)9-10-17)16-19-13(20-21-16)8-7-12-5-3-2-4-6-12/h2-6H,7-10,17H2,1H3,(H,19,20,21). The Bertz CT molecular complexity index is 732. The summed E-state index contributed by atoms with van der Waals surface area (Å²) in [5, 5.41) is 8.42. The third-order valence-electron chi connectivity index (χ3n) is 3.43. The van der Waals surface area contributed by atoms with Gasteiger partial charge in [-0.1, -0.05) is 30.3 Å². The number of nitrogens with one attached hydrogen (secondary N) is 1. The molecule has 0 amide bonds. The van der Waals surface area contributed by atoms with Gasteiger partial charge in [0.05, 0.1) is 15.6 Å². The first-order valence-corrected chi connectivity index (χ1v) is 8.20. The number of aryl methyl sites for hydroxylation is 3. The van der Waals surface area contributed by atoms with E-state index in [-0.39, 0.29) is 0 Å². The van der Waals surface area contributed by atoms with Crippen LogP contribution in [0.15, 0.2) is 30.3 Å². The molecule has 114 valence electrons. The monoisotopic (exact) mass is 313 g/mol. The molecule has 0 saturated carbocycles. The Morgan fingerprint density at radius 3 is 2.68 bits per heavy atom. The molecular weight excluding hydrogens is 294 g/mol. The van der Waals surface area contributed by atoms with Gasteiger partial charge in [0.15, 0.2) is 5.82 Å². The number of hydrogen-bond acceptors (Lipinski definition) is 5. The maximum absolute atomic E-state index is 5.59. The van der Waals surface area contributed by atoms with Gasteiger partial charge in [-0.15, -0.1) is 11.3 Å². The lowest BCUT2D eigenvalue weighted by Crippen LogP contribution is -2.01. The molecule has 0 saturated heterocycles. The highest BCUT2D eigenvalue weighted by molar-refractivity contribution is 7.15. The van der Waals surface area contributed by atoms with Crippen molar-refractivity contribution in [3.8, 4) is 10.7 Å². The molecule has 0 radical (unpaired) electrons. The number of rotatable bonds is 6. The van der Waals surface area contributed by atoms with Crippen molar-refractivity contribution >= 4 is 11.3 Å². The fourth-order valence-corrected chi connectivity index (χ4v) is 3.32. The summed E-state index contributed by atoms with van der Waals surface area (Å²) in [7, 11) is 0. The van der Waals surface area contributed by atoms with Crippen molar-refractivity contribution in [3.05, 3.63) is 52.4 Å². The van der Waals surface area contributed by atoms with Crippen molar-refractivity contribution in [1.82, 2.24) is 20.2 Å². The molecule has 0 atom stereocenters. The third-order valence-corrected chi connectivity index (χ3v) is 4.64. The molecule has 0 aliphatic heterocycles. The van der Waals surface area contributed by atoms with Crippen LogP contribution in [0.2, 0.25) is 0 Å². The number of aromatic amines is 1. The SMILES string of the molecule is Cc1nc(CCN)sc1-c1n[nH]c(CCc2ccccc2)n1. The van der Waals surface area contributed by atoms with E-state index in [9.17, 15) is 0 Å². The van der Waals surface area contributed by atoms with Crippen LogP contribution in [0.4, 0.5) is 0 Å². The van der Waals surface area contributed by atoms with Gasteiger partial charge in [0.25, 0.3) is 0 Å². The second kappa shape index (κ2) is 6.81. The topological polar surface area (TPSA) is 80.5 Å². The smallest absolute Gasteiger partial charge is 0.193 e. The average Bonchev–Trinajstić information content (AvgIpc) is 3.13. The molecule has 1 aromatic carbocycles. The molecular formula is C16H19N5S. The van der Waals surface area contributed by atoms with Gasteiger partial charge in [-0.05, 0) is 25.5 Å². The Kier molecular flexibility index (Phi) is 4.60. The molecule has 0 aliphatic carbocycles. The molecule has 3 N–H and O–H groups in total. The average molecular weight is 313 g/mol. The van der Waals surface area contributed by atoms with E-state index in [1.54, 1.807) is 11.3 Å². The van der Waals surface area contributed by atoms with E-state index in [0.29, 0.717) is 6.54 Å². The number of H-pyrrole nitrogens is 1. The lowest BCUT2D eigenvalue weighted by Gasteiger charge is -1.97. The number of hydrogen-bond donors (Lipinski definition) is 2. The maximum atomic E-state index is 5.59. The van der Waals surface area contributed by atoms with E-state index in [0.717, 1.165) is 46.5 Å². The summed E-state index contributed by atoms with van der Waals surface area (Å²) in [4.78, 5) is 10.2. The van der Waals surface area contributed by atoms with Gasteiger partial charge in [-0.3, -0.25) is 5.10 Å². The van der Waals surface area contributed by atoms with E-state index in [4.69, 9.17) is 5.73 Å². The first kappa shape index (κ1) is 14.9. The Balaban J connectivity index is 1.71. The summed E-state index contributed by atoms with van der Waals surface area (Å²) in [5.74, 6) is 1.65. The largest absolute Gasteiger partial charge is 0.330 e. The van der Waals surface area contributed by atoms with Crippen LogP contribution in [0.25, 0.3) is 10.7 Å². The van der Waals surface area contributed by atoms with Crippen LogP contribution in [0, 0.1) is 6.92 Å². The summed E-state index contributed by atoms with van der Waals surface area (Å²) in [6.07, 6.45) is 2.61. The highest BCUT2D eigenvalue weighted by Gasteiger charge is 2.14.